The number of nitrogens with zero attached hydrogens (tertiary/aromatic N) is 1. The third kappa shape index (κ3) is 3.92. The van der Waals surface area contributed by atoms with Gasteiger partial charge in [-0.15, -0.1) is 0 Å². The van der Waals surface area contributed by atoms with Crippen LogP contribution in [0.5, 0.6) is 0 Å². The summed E-state index contributed by atoms with van der Waals surface area (Å²) >= 11 is 5.91. The molecule has 0 spiro atoms. The van der Waals surface area contributed by atoms with Gasteiger partial charge in [-0.2, -0.15) is 0 Å². The zero-order chi connectivity index (χ0) is 18.7. The van der Waals surface area contributed by atoms with Crippen LogP contribution in [0.1, 0.15) is 23.0 Å². The number of aromatic nitrogens is 1. The number of halogens is 1. The van der Waals surface area contributed by atoms with Crippen molar-refractivity contribution in [2.75, 3.05) is 10.6 Å². The minimum absolute atomic E-state index is 0.158. The maximum absolute atomic E-state index is 12.7. The molecule has 2 aromatic carbocycles. The first-order valence-corrected chi connectivity index (χ1v) is 8.23. The first-order chi connectivity index (χ1) is 12.4. The normalized spacial score (nSPS) is 10.4. The van der Waals surface area contributed by atoms with Crippen LogP contribution in [0.15, 0.2) is 53.1 Å². The Morgan fingerprint density at radius 3 is 2.12 bits per heavy atom. The van der Waals surface area contributed by atoms with Crippen molar-refractivity contribution in [1.82, 2.24) is 5.16 Å². The Bertz CT molecular complexity index is 947. The summed E-state index contributed by atoms with van der Waals surface area (Å²) in [5.41, 5.74) is 2.78. The van der Waals surface area contributed by atoms with Crippen molar-refractivity contribution in [2.24, 2.45) is 0 Å². The maximum Gasteiger partial charge on any atom is 0.261 e. The molecule has 0 unspecified atom stereocenters. The van der Waals surface area contributed by atoms with Crippen LogP contribution < -0.4 is 10.6 Å². The number of nitrogens with one attached hydrogen (secondary N) is 2. The molecule has 3 aromatic rings. The highest BCUT2D eigenvalue weighted by molar-refractivity contribution is 6.30. The third-order valence-corrected chi connectivity index (χ3v) is 3.92. The fourth-order valence-corrected chi connectivity index (χ4v) is 2.60. The number of benzene rings is 2. The zero-order valence-electron chi connectivity index (χ0n) is 14.2. The first kappa shape index (κ1) is 17.7. The predicted octanol–water partition coefficient (Wildman–Crippen LogP) is 4.51. The fraction of sp³-hybridized carbons (Fsp3) is 0.105. The standard InChI is InChI=1S/C19H16ClN3O3/c1-11-17(18(23-26-11)13-3-5-14(20)6-4-13)19(25)22-16-9-7-15(8-10-16)21-12(2)24/h3-10H,1-2H3,(H,21,24)(H,22,25). The van der Waals surface area contributed by atoms with Gasteiger partial charge in [0.1, 0.15) is 17.0 Å². The topological polar surface area (TPSA) is 84.2 Å². The monoisotopic (exact) mass is 369 g/mol. The second kappa shape index (κ2) is 7.41. The second-order valence-electron chi connectivity index (χ2n) is 5.68. The number of hydrogen-bond donors (Lipinski definition) is 2. The molecule has 132 valence electrons. The van der Waals surface area contributed by atoms with Crippen LogP contribution in [-0.4, -0.2) is 17.0 Å². The fourth-order valence-electron chi connectivity index (χ4n) is 2.48. The Morgan fingerprint density at radius 2 is 1.54 bits per heavy atom. The molecule has 0 radical (unpaired) electrons. The van der Waals surface area contributed by atoms with E-state index < -0.39 is 0 Å². The number of hydrogen-bond acceptors (Lipinski definition) is 4. The highest BCUT2D eigenvalue weighted by Gasteiger charge is 2.21. The van der Waals surface area contributed by atoms with Crippen molar-refractivity contribution in [3.05, 3.63) is 64.9 Å². The maximum atomic E-state index is 12.7. The van der Waals surface area contributed by atoms with Crippen LogP contribution in [0.25, 0.3) is 11.3 Å². The van der Waals surface area contributed by atoms with Gasteiger partial charge >= 0.3 is 0 Å². The summed E-state index contributed by atoms with van der Waals surface area (Å²) in [5, 5.41) is 10.1. The van der Waals surface area contributed by atoms with Crippen molar-refractivity contribution in [3.63, 3.8) is 0 Å². The van der Waals surface area contributed by atoms with E-state index >= 15 is 0 Å². The Labute approximate surface area is 155 Å². The minimum atomic E-state index is -0.332. The van der Waals surface area contributed by atoms with Crippen LogP contribution in [0.2, 0.25) is 5.02 Å². The van der Waals surface area contributed by atoms with E-state index in [1.165, 1.54) is 6.92 Å². The number of amides is 2. The molecule has 3 rings (SSSR count). The quantitative estimate of drug-likeness (QED) is 0.708. The Kier molecular flexibility index (Phi) is 5.04. The summed E-state index contributed by atoms with van der Waals surface area (Å²) in [6.45, 7) is 3.11. The Morgan fingerprint density at radius 1 is 0.962 bits per heavy atom. The van der Waals surface area contributed by atoms with Gasteiger partial charge in [0.15, 0.2) is 0 Å². The van der Waals surface area contributed by atoms with Crippen LogP contribution in [0.4, 0.5) is 11.4 Å². The lowest BCUT2D eigenvalue weighted by Crippen LogP contribution is -2.13. The number of aryl methyl sites for hydroxylation is 1. The summed E-state index contributed by atoms with van der Waals surface area (Å²) < 4.78 is 5.21. The molecule has 6 nitrogen and oxygen atoms in total. The van der Waals surface area contributed by atoms with E-state index in [4.69, 9.17) is 16.1 Å². The zero-order valence-corrected chi connectivity index (χ0v) is 14.9. The van der Waals surface area contributed by atoms with Gasteiger partial charge in [-0.25, -0.2) is 0 Å². The van der Waals surface area contributed by atoms with Gasteiger partial charge in [0.2, 0.25) is 5.91 Å². The Hall–Kier alpha value is -3.12. The van der Waals surface area contributed by atoms with Gasteiger partial charge in [-0.05, 0) is 43.3 Å². The van der Waals surface area contributed by atoms with Crippen molar-refractivity contribution in [1.29, 1.82) is 0 Å². The summed E-state index contributed by atoms with van der Waals surface area (Å²) in [5.74, 6) is -0.0715. The summed E-state index contributed by atoms with van der Waals surface area (Å²) in [6, 6.07) is 13.8. The average molecular weight is 370 g/mol. The summed E-state index contributed by atoms with van der Waals surface area (Å²) in [7, 11) is 0. The van der Waals surface area contributed by atoms with E-state index in [0.29, 0.717) is 33.4 Å². The summed E-state index contributed by atoms with van der Waals surface area (Å²) in [6.07, 6.45) is 0. The van der Waals surface area contributed by atoms with Gasteiger partial charge in [0, 0.05) is 28.9 Å². The van der Waals surface area contributed by atoms with E-state index in [0.717, 1.165) is 5.56 Å². The molecule has 2 amide bonds. The SMILES string of the molecule is CC(=O)Nc1ccc(NC(=O)c2c(-c3ccc(Cl)cc3)noc2C)cc1. The molecule has 0 fully saturated rings. The predicted molar refractivity (Wildman–Crippen MR) is 100 cm³/mol. The van der Waals surface area contributed by atoms with E-state index in [9.17, 15) is 9.59 Å². The minimum Gasteiger partial charge on any atom is -0.360 e. The van der Waals surface area contributed by atoms with E-state index in [1.807, 2.05) is 0 Å². The number of anilines is 2. The number of carbonyl (C=O) groups excluding carboxylic acids is 2. The molecule has 0 aliphatic rings. The van der Waals surface area contributed by atoms with Crippen molar-refractivity contribution >= 4 is 34.8 Å². The number of rotatable bonds is 4. The van der Waals surface area contributed by atoms with Gasteiger partial charge in [-0.1, -0.05) is 28.9 Å². The molecule has 1 heterocycles. The van der Waals surface area contributed by atoms with Gasteiger partial charge < -0.3 is 15.2 Å². The van der Waals surface area contributed by atoms with Crippen LogP contribution in [0, 0.1) is 6.92 Å². The van der Waals surface area contributed by atoms with Crippen molar-refractivity contribution < 1.29 is 14.1 Å². The van der Waals surface area contributed by atoms with E-state index in [-0.39, 0.29) is 11.8 Å². The number of carbonyl (C=O) groups is 2. The second-order valence-corrected chi connectivity index (χ2v) is 6.12. The molecule has 26 heavy (non-hydrogen) atoms. The van der Waals surface area contributed by atoms with Crippen molar-refractivity contribution in [3.8, 4) is 11.3 Å². The molecule has 0 bridgehead atoms. The van der Waals surface area contributed by atoms with Crippen LogP contribution in [0.3, 0.4) is 0 Å². The van der Waals surface area contributed by atoms with Gasteiger partial charge in [-0.3, -0.25) is 9.59 Å². The van der Waals surface area contributed by atoms with Crippen molar-refractivity contribution in [2.45, 2.75) is 13.8 Å². The lowest BCUT2D eigenvalue weighted by Gasteiger charge is -2.07. The smallest absolute Gasteiger partial charge is 0.261 e. The molecule has 0 saturated heterocycles. The molecular formula is C19H16ClN3O3. The first-order valence-electron chi connectivity index (χ1n) is 7.85. The van der Waals surface area contributed by atoms with Gasteiger partial charge in [0.25, 0.3) is 5.91 Å². The molecule has 7 heteroatoms. The van der Waals surface area contributed by atoms with Crippen LogP contribution >= 0.6 is 11.6 Å². The van der Waals surface area contributed by atoms with Crippen LogP contribution in [-0.2, 0) is 4.79 Å². The lowest BCUT2D eigenvalue weighted by atomic mass is 10.1. The van der Waals surface area contributed by atoms with E-state index in [1.54, 1.807) is 55.5 Å². The highest BCUT2D eigenvalue weighted by Crippen LogP contribution is 2.27. The largest absolute Gasteiger partial charge is 0.360 e. The molecule has 0 aliphatic carbocycles. The molecule has 1 aromatic heterocycles. The average Bonchev–Trinajstić information content (AvgIpc) is 2.98. The molecule has 0 atom stereocenters. The third-order valence-electron chi connectivity index (χ3n) is 3.67. The van der Waals surface area contributed by atoms with E-state index in [2.05, 4.69) is 15.8 Å². The highest BCUT2D eigenvalue weighted by atomic mass is 35.5. The molecule has 0 saturated carbocycles. The van der Waals surface area contributed by atoms with Gasteiger partial charge in [0.05, 0.1) is 0 Å². The molecular weight excluding hydrogens is 354 g/mol. The summed E-state index contributed by atoms with van der Waals surface area (Å²) in [4.78, 5) is 23.8. The molecule has 2 N–H and O–H groups in total. The molecule has 0 aliphatic heterocycles. The lowest BCUT2D eigenvalue weighted by molar-refractivity contribution is -0.114. The Balaban J connectivity index is 1.83.